The summed E-state index contributed by atoms with van der Waals surface area (Å²) < 4.78 is 13.4. The maximum absolute atomic E-state index is 13.4. The molecule has 1 N–H and O–H groups in total. The Morgan fingerprint density at radius 3 is 2.43 bits per heavy atom. The Morgan fingerprint density at radius 1 is 1.05 bits per heavy atom. The van der Waals surface area contributed by atoms with Gasteiger partial charge < -0.3 is 5.32 Å². The molecule has 0 amide bonds. The number of thioether (sulfide) groups is 1. The van der Waals surface area contributed by atoms with Crippen LogP contribution in [0, 0.1) is 5.82 Å². The lowest BCUT2D eigenvalue weighted by atomic mass is 10.0. The van der Waals surface area contributed by atoms with Gasteiger partial charge in [0.15, 0.2) is 0 Å². The summed E-state index contributed by atoms with van der Waals surface area (Å²) in [6.07, 6.45) is 1.02. The molecule has 0 aromatic heterocycles. The molecule has 1 nitrogen and oxygen atoms in total. The van der Waals surface area contributed by atoms with Crippen molar-refractivity contribution in [1.82, 2.24) is 5.32 Å². The Balaban J connectivity index is 2.20. The summed E-state index contributed by atoms with van der Waals surface area (Å²) in [5.74, 6) is -0.172. The molecule has 0 aliphatic heterocycles. The second kappa shape index (κ2) is 8.20. The fourth-order valence-corrected chi connectivity index (χ4v) is 3.69. The summed E-state index contributed by atoms with van der Waals surface area (Å²) in [6.45, 7) is 5.22. The highest BCUT2D eigenvalue weighted by molar-refractivity contribution is 8.00. The van der Waals surface area contributed by atoms with Crippen molar-refractivity contribution in [2.75, 3.05) is 6.54 Å². The van der Waals surface area contributed by atoms with E-state index in [-0.39, 0.29) is 11.9 Å². The van der Waals surface area contributed by atoms with Gasteiger partial charge in [0.2, 0.25) is 0 Å². The molecule has 2 atom stereocenters. The average Bonchev–Trinajstić information content (AvgIpc) is 2.51. The van der Waals surface area contributed by atoms with Gasteiger partial charge in [-0.15, -0.1) is 11.8 Å². The van der Waals surface area contributed by atoms with E-state index in [1.54, 1.807) is 23.9 Å². The van der Waals surface area contributed by atoms with Gasteiger partial charge in [-0.1, -0.05) is 50.2 Å². The van der Waals surface area contributed by atoms with Crippen LogP contribution in [0.2, 0.25) is 0 Å². The second-order valence-corrected chi connectivity index (χ2v) is 6.28. The predicted octanol–water partition coefficient (Wildman–Crippen LogP) is 5.05. The number of rotatable bonds is 7. The van der Waals surface area contributed by atoms with Gasteiger partial charge in [0.1, 0.15) is 5.82 Å². The van der Waals surface area contributed by atoms with Crippen LogP contribution in [0.3, 0.4) is 0 Å². The summed E-state index contributed by atoms with van der Waals surface area (Å²) in [7, 11) is 0. The Kier molecular flexibility index (Phi) is 6.27. The lowest BCUT2D eigenvalue weighted by Crippen LogP contribution is -2.29. The third kappa shape index (κ3) is 4.58. The monoisotopic (exact) mass is 303 g/mol. The first-order valence-corrected chi connectivity index (χ1v) is 8.33. The Bertz CT molecular complexity index is 544. The van der Waals surface area contributed by atoms with Crippen molar-refractivity contribution in [2.45, 2.75) is 36.5 Å². The third-order valence-electron chi connectivity index (χ3n) is 3.44. The number of hydrogen-bond donors (Lipinski definition) is 1. The molecule has 2 aromatic rings. The lowest BCUT2D eigenvalue weighted by molar-refractivity contribution is 0.521. The smallest absolute Gasteiger partial charge is 0.124 e. The molecule has 0 spiro atoms. The van der Waals surface area contributed by atoms with Crippen LogP contribution in [-0.2, 0) is 0 Å². The van der Waals surface area contributed by atoms with Crippen molar-refractivity contribution in [3.63, 3.8) is 0 Å². The van der Waals surface area contributed by atoms with Gasteiger partial charge >= 0.3 is 0 Å². The fourth-order valence-electron chi connectivity index (χ4n) is 2.45. The highest BCUT2D eigenvalue weighted by Crippen LogP contribution is 2.34. The van der Waals surface area contributed by atoms with E-state index in [2.05, 4.69) is 43.4 Å². The summed E-state index contributed by atoms with van der Waals surface area (Å²) in [5, 5.41) is 3.94. The summed E-state index contributed by atoms with van der Waals surface area (Å²) in [6, 6.07) is 17.6. The molecule has 0 radical (unpaired) electrons. The van der Waals surface area contributed by atoms with E-state index in [4.69, 9.17) is 0 Å². The maximum atomic E-state index is 13.4. The molecule has 0 heterocycles. The van der Waals surface area contributed by atoms with Gasteiger partial charge in [-0.25, -0.2) is 4.39 Å². The van der Waals surface area contributed by atoms with E-state index in [1.165, 1.54) is 11.6 Å². The van der Waals surface area contributed by atoms with Crippen LogP contribution >= 0.6 is 11.8 Å². The zero-order valence-electron chi connectivity index (χ0n) is 12.6. The van der Waals surface area contributed by atoms with Gasteiger partial charge in [-0.05, 0) is 36.7 Å². The topological polar surface area (TPSA) is 12.0 Å². The maximum Gasteiger partial charge on any atom is 0.124 e. The molecule has 3 heteroatoms. The van der Waals surface area contributed by atoms with Gasteiger partial charge in [-0.2, -0.15) is 0 Å². The minimum atomic E-state index is -0.172. The van der Waals surface area contributed by atoms with E-state index < -0.39 is 0 Å². The van der Waals surface area contributed by atoms with Crippen LogP contribution in [-0.4, -0.2) is 11.8 Å². The number of benzene rings is 2. The number of nitrogens with one attached hydrogen (secondary N) is 1. The van der Waals surface area contributed by atoms with Crippen molar-refractivity contribution in [3.05, 3.63) is 66.0 Å². The van der Waals surface area contributed by atoms with Crippen molar-refractivity contribution < 1.29 is 4.39 Å². The van der Waals surface area contributed by atoms with Crippen molar-refractivity contribution in [3.8, 4) is 0 Å². The largest absolute Gasteiger partial charge is 0.309 e. The molecule has 0 saturated carbocycles. The zero-order valence-corrected chi connectivity index (χ0v) is 13.4. The van der Waals surface area contributed by atoms with Crippen LogP contribution in [0.5, 0.6) is 0 Å². The SMILES string of the molecule is CCNC(c1ccccc1)C(CC)Sc1cccc(F)c1. The van der Waals surface area contributed by atoms with Gasteiger partial charge in [0.25, 0.3) is 0 Å². The van der Waals surface area contributed by atoms with Crippen LogP contribution in [0.25, 0.3) is 0 Å². The van der Waals surface area contributed by atoms with Crippen LogP contribution < -0.4 is 5.32 Å². The van der Waals surface area contributed by atoms with E-state index in [1.807, 2.05) is 12.1 Å². The van der Waals surface area contributed by atoms with Crippen molar-refractivity contribution >= 4 is 11.8 Å². The van der Waals surface area contributed by atoms with E-state index in [0.29, 0.717) is 5.25 Å². The fraction of sp³-hybridized carbons (Fsp3) is 0.333. The molecule has 112 valence electrons. The summed E-state index contributed by atoms with van der Waals surface area (Å²) >= 11 is 1.74. The van der Waals surface area contributed by atoms with Gasteiger partial charge in [0.05, 0.1) is 0 Å². The van der Waals surface area contributed by atoms with E-state index >= 15 is 0 Å². The molecule has 2 unspecified atom stereocenters. The first kappa shape index (κ1) is 16.1. The quantitative estimate of drug-likeness (QED) is 0.719. The van der Waals surface area contributed by atoms with Gasteiger partial charge in [-0.3, -0.25) is 0 Å². The van der Waals surface area contributed by atoms with Crippen LogP contribution in [0.15, 0.2) is 59.5 Å². The Morgan fingerprint density at radius 2 is 1.81 bits per heavy atom. The number of halogens is 1. The lowest BCUT2D eigenvalue weighted by Gasteiger charge is -2.27. The average molecular weight is 303 g/mol. The molecule has 0 bridgehead atoms. The first-order chi connectivity index (χ1) is 10.2. The molecule has 2 aromatic carbocycles. The molecular formula is C18H22FNS. The zero-order chi connectivity index (χ0) is 15.1. The van der Waals surface area contributed by atoms with Crippen LogP contribution in [0.1, 0.15) is 31.9 Å². The minimum Gasteiger partial charge on any atom is -0.309 e. The summed E-state index contributed by atoms with van der Waals surface area (Å²) in [4.78, 5) is 0.987. The predicted molar refractivity (Wildman–Crippen MR) is 89.2 cm³/mol. The normalized spacial score (nSPS) is 13.9. The Hall–Kier alpha value is -1.32. The van der Waals surface area contributed by atoms with Crippen molar-refractivity contribution in [2.24, 2.45) is 0 Å². The molecule has 0 saturated heterocycles. The van der Waals surface area contributed by atoms with Crippen LogP contribution in [0.4, 0.5) is 4.39 Å². The van der Waals surface area contributed by atoms with E-state index in [9.17, 15) is 4.39 Å². The summed E-state index contributed by atoms with van der Waals surface area (Å²) in [5.41, 5.74) is 1.29. The highest BCUT2D eigenvalue weighted by atomic mass is 32.2. The highest BCUT2D eigenvalue weighted by Gasteiger charge is 2.22. The first-order valence-electron chi connectivity index (χ1n) is 7.45. The van der Waals surface area contributed by atoms with Crippen molar-refractivity contribution in [1.29, 1.82) is 0 Å². The Labute approximate surface area is 131 Å². The second-order valence-electron chi connectivity index (χ2n) is 4.97. The molecule has 0 aliphatic rings. The standard InChI is InChI=1S/C18H22FNS/c1-3-17(21-16-12-8-11-15(19)13-16)18(20-4-2)14-9-6-5-7-10-14/h5-13,17-18,20H,3-4H2,1-2H3. The third-order valence-corrected chi connectivity index (χ3v) is 4.87. The minimum absolute atomic E-state index is 0.172. The molecule has 0 fully saturated rings. The number of hydrogen-bond acceptors (Lipinski definition) is 2. The molecule has 2 rings (SSSR count). The molecular weight excluding hydrogens is 281 g/mol. The molecule has 0 aliphatic carbocycles. The molecule has 21 heavy (non-hydrogen) atoms. The van der Waals surface area contributed by atoms with Gasteiger partial charge in [0, 0.05) is 16.2 Å². The van der Waals surface area contributed by atoms with E-state index in [0.717, 1.165) is 17.9 Å².